The standard InChI is InChI=1S/C21H19BrCl2O2/c1-21(2)16(11-18(23)24)19(21)20(25)26-12-15-10-14(8-9-17(15)22)13-6-4-3-5-7-13/h3-11,16,19H,12H2,1-2H3. The van der Waals surface area contributed by atoms with E-state index >= 15 is 0 Å². The van der Waals surface area contributed by atoms with Gasteiger partial charge in [-0.25, -0.2) is 0 Å². The Morgan fingerprint density at radius 1 is 1.15 bits per heavy atom. The summed E-state index contributed by atoms with van der Waals surface area (Å²) in [6.07, 6.45) is 1.72. The van der Waals surface area contributed by atoms with Gasteiger partial charge in [0.2, 0.25) is 0 Å². The van der Waals surface area contributed by atoms with Crippen LogP contribution in [-0.2, 0) is 16.1 Å². The zero-order valence-corrected chi connectivity index (χ0v) is 17.6. The van der Waals surface area contributed by atoms with Gasteiger partial charge in [-0.05, 0) is 40.7 Å². The highest BCUT2D eigenvalue weighted by atomic mass is 79.9. The Bertz CT molecular complexity index is 842. The van der Waals surface area contributed by atoms with Crippen LogP contribution in [0.15, 0.2) is 63.6 Å². The maximum absolute atomic E-state index is 12.5. The van der Waals surface area contributed by atoms with Gasteiger partial charge >= 0.3 is 5.97 Å². The van der Waals surface area contributed by atoms with E-state index in [0.29, 0.717) is 0 Å². The van der Waals surface area contributed by atoms with E-state index < -0.39 is 0 Å². The van der Waals surface area contributed by atoms with E-state index in [4.69, 9.17) is 27.9 Å². The van der Waals surface area contributed by atoms with E-state index in [1.54, 1.807) is 6.08 Å². The van der Waals surface area contributed by atoms with Crippen molar-refractivity contribution in [3.05, 3.63) is 69.1 Å². The first kappa shape index (κ1) is 19.5. The second-order valence-electron chi connectivity index (χ2n) is 7.06. The summed E-state index contributed by atoms with van der Waals surface area (Å²) in [4.78, 5) is 12.5. The third-order valence-electron chi connectivity index (χ3n) is 4.99. The molecule has 2 aromatic carbocycles. The van der Waals surface area contributed by atoms with Gasteiger partial charge in [-0.1, -0.05) is 89.4 Å². The van der Waals surface area contributed by atoms with Crippen molar-refractivity contribution in [3.63, 3.8) is 0 Å². The Balaban J connectivity index is 1.70. The minimum Gasteiger partial charge on any atom is -0.461 e. The second-order valence-corrected chi connectivity index (χ2v) is 8.92. The van der Waals surface area contributed by atoms with Crippen LogP contribution in [-0.4, -0.2) is 5.97 Å². The highest BCUT2D eigenvalue weighted by molar-refractivity contribution is 9.10. The Labute approximate surface area is 172 Å². The summed E-state index contributed by atoms with van der Waals surface area (Å²) >= 11 is 15.0. The lowest BCUT2D eigenvalue weighted by Gasteiger charge is -2.10. The van der Waals surface area contributed by atoms with Gasteiger partial charge in [-0.3, -0.25) is 4.79 Å². The molecule has 0 bridgehead atoms. The Hall–Kier alpha value is -1.29. The number of allylic oxidation sites excluding steroid dienone is 1. The third-order valence-corrected chi connectivity index (χ3v) is 6.02. The zero-order valence-electron chi connectivity index (χ0n) is 14.5. The summed E-state index contributed by atoms with van der Waals surface area (Å²) in [7, 11) is 0. The van der Waals surface area contributed by atoms with Crippen molar-refractivity contribution >= 4 is 45.1 Å². The smallest absolute Gasteiger partial charge is 0.310 e. The molecule has 0 aliphatic heterocycles. The van der Waals surface area contributed by atoms with Crippen LogP contribution in [0.2, 0.25) is 0 Å². The van der Waals surface area contributed by atoms with Crippen LogP contribution >= 0.6 is 39.1 Å². The van der Waals surface area contributed by atoms with Gasteiger partial charge in [0.05, 0.1) is 5.92 Å². The normalized spacial score (nSPS) is 20.3. The summed E-state index contributed by atoms with van der Waals surface area (Å²) in [6.45, 7) is 4.25. The summed E-state index contributed by atoms with van der Waals surface area (Å²) in [6, 6.07) is 16.2. The lowest BCUT2D eigenvalue weighted by Crippen LogP contribution is -2.11. The van der Waals surface area contributed by atoms with Crippen LogP contribution in [0.25, 0.3) is 11.1 Å². The minimum absolute atomic E-state index is 0.0130. The van der Waals surface area contributed by atoms with Crippen molar-refractivity contribution in [3.8, 4) is 11.1 Å². The minimum atomic E-state index is -0.220. The first-order valence-corrected chi connectivity index (χ1v) is 9.89. The monoisotopic (exact) mass is 452 g/mol. The fourth-order valence-electron chi connectivity index (χ4n) is 3.31. The van der Waals surface area contributed by atoms with Gasteiger partial charge < -0.3 is 4.74 Å². The lowest BCUT2D eigenvalue weighted by atomic mass is 10.0. The highest BCUT2D eigenvalue weighted by Crippen LogP contribution is 2.60. The van der Waals surface area contributed by atoms with E-state index in [1.165, 1.54) is 0 Å². The highest BCUT2D eigenvalue weighted by Gasteiger charge is 2.61. The van der Waals surface area contributed by atoms with Crippen molar-refractivity contribution in [2.75, 3.05) is 0 Å². The molecule has 0 aromatic heterocycles. The molecule has 1 fully saturated rings. The number of esters is 1. The number of ether oxygens (including phenoxy) is 1. The first-order valence-electron chi connectivity index (χ1n) is 8.34. The summed E-state index contributed by atoms with van der Waals surface area (Å²) in [5, 5.41) is 0. The fourth-order valence-corrected chi connectivity index (χ4v) is 3.94. The molecule has 1 aliphatic carbocycles. The van der Waals surface area contributed by atoms with Gasteiger partial charge in [-0.15, -0.1) is 0 Å². The Kier molecular flexibility index (Phi) is 5.81. The number of hydrogen-bond acceptors (Lipinski definition) is 2. The molecule has 0 saturated heterocycles. The average molecular weight is 454 g/mol. The van der Waals surface area contributed by atoms with Crippen molar-refractivity contribution in [1.29, 1.82) is 0 Å². The zero-order chi connectivity index (χ0) is 18.9. The molecule has 26 heavy (non-hydrogen) atoms. The molecule has 2 atom stereocenters. The predicted octanol–water partition coefficient (Wildman–Crippen LogP) is 6.75. The molecule has 3 rings (SSSR count). The maximum Gasteiger partial charge on any atom is 0.310 e. The fraction of sp³-hybridized carbons (Fsp3) is 0.286. The topological polar surface area (TPSA) is 26.3 Å². The average Bonchev–Trinajstić information content (AvgIpc) is 3.14. The molecular weight excluding hydrogens is 435 g/mol. The molecule has 2 aromatic rings. The van der Waals surface area contributed by atoms with Crippen molar-refractivity contribution in [1.82, 2.24) is 0 Å². The van der Waals surface area contributed by atoms with Crippen LogP contribution < -0.4 is 0 Å². The van der Waals surface area contributed by atoms with E-state index in [-0.39, 0.29) is 34.3 Å². The number of carbonyl (C=O) groups is 1. The van der Waals surface area contributed by atoms with Gasteiger partial charge in [0.15, 0.2) is 0 Å². The van der Waals surface area contributed by atoms with Crippen LogP contribution in [0.5, 0.6) is 0 Å². The first-order chi connectivity index (χ1) is 12.3. The van der Waals surface area contributed by atoms with Gasteiger partial charge in [0.25, 0.3) is 0 Å². The number of carbonyl (C=O) groups excluding carboxylic acids is 1. The molecule has 0 radical (unpaired) electrons. The van der Waals surface area contributed by atoms with E-state index in [2.05, 4.69) is 28.1 Å². The molecule has 136 valence electrons. The Morgan fingerprint density at radius 3 is 2.50 bits per heavy atom. The largest absolute Gasteiger partial charge is 0.461 e. The maximum atomic E-state index is 12.5. The van der Waals surface area contributed by atoms with Gasteiger partial charge in [0, 0.05) is 10.0 Å². The summed E-state index contributed by atoms with van der Waals surface area (Å²) in [5.41, 5.74) is 2.95. The molecule has 0 N–H and O–H groups in total. The van der Waals surface area contributed by atoms with Crippen molar-refractivity contribution in [2.24, 2.45) is 17.3 Å². The second kappa shape index (κ2) is 7.75. The summed E-state index contributed by atoms with van der Waals surface area (Å²) < 4.78 is 6.70. The van der Waals surface area contributed by atoms with Gasteiger partial charge in [-0.2, -0.15) is 0 Å². The Morgan fingerprint density at radius 2 is 1.85 bits per heavy atom. The molecule has 0 spiro atoms. The lowest BCUT2D eigenvalue weighted by molar-refractivity contribution is -0.147. The predicted molar refractivity (Wildman–Crippen MR) is 110 cm³/mol. The number of halogens is 3. The van der Waals surface area contributed by atoms with E-state index in [0.717, 1.165) is 21.2 Å². The molecule has 5 heteroatoms. The van der Waals surface area contributed by atoms with Crippen molar-refractivity contribution < 1.29 is 9.53 Å². The van der Waals surface area contributed by atoms with E-state index in [1.807, 2.05) is 50.2 Å². The van der Waals surface area contributed by atoms with E-state index in [9.17, 15) is 4.79 Å². The molecule has 1 aliphatic rings. The molecule has 1 saturated carbocycles. The number of hydrogen-bond donors (Lipinski definition) is 0. The molecular formula is C21H19BrCl2O2. The summed E-state index contributed by atoms with van der Waals surface area (Å²) in [5.74, 6) is -0.423. The molecule has 0 amide bonds. The molecule has 2 unspecified atom stereocenters. The molecule has 2 nitrogen and oxygen atoms in total. The van der Waals surface area contributed by atoms with Crippen LogP contribution in [0, 0.1) is 17.3 Å². The SMILES string of the molecule is CC1(C)C(C=C(Cl)Cl)C1C(=O)OCc1cc(-c2ccccc2)ccc1Br. The molecule has 0 heterocycles. The van der Waals surface area contributed by atoms with Gasteiger partial charge in [0.1, 0.15) is 11.1 Å². The number of rotatable bonds is 5. The quantitative estimate of drug-likeness (QED) is 0.468. The van der Waals surface area contributed by atoms with Crippen LogP contribution in [0.3, 0.4) is 0 Å². The number of benzene rings is 2. The van der Waals surface area contributed by atoms with Crippen molar-refractivity contribution in [2.45, 2.75) is 20.5 Å². The van der Waals surface area contributed by atoms with Crippen LogP contribution in [0.4, 0.5) is 0 Å². The van der Waals surface area contributed by atoms with Crippen LogP contribution in [0.1, 0.15) is 19.4 Å². The third kappa shape index (κ3) is 4.16.